The Morgan fingerprint density at radius 1 is 1.40 bits per heavy atom. The van der Waals surface area contributed by atoms with Crippen LogP contribution in [0.1, 0.15) is 18.4 Å². The van der Waals surface area contributed by atoms with Gasteiger partial charge in [0.15, 0.2) is 5.82 Å². The van der Waals surface area contributed by atoms with E-state index in [1.807, 2.05) is 0 Å². The van der Waals surface area contributed by atoms with Gasteiger partial charge in [0.05, 0.1) is 0 Å². The molecule has 15 heavy (non-hydrogen) atoms. The highest BCUT2D eigenvalue weighted by atomic mass is 19.1. The Hall–Kier alpha value is -1.56. The first kappa shape index (κ1) is 11.5. The predicted octanol–water partition coefficient (Wildman–Crippen LogP) is 3.10. The topological polar surface area (TPSA) is 12.0 Å². The summed E-state index contributed by atoms with van der Waals surface area (Å²) in [5.74, 6) is 1.36. The number of anilines is 1. The number of halogens is 2. The van der Waals surface area contributed by atoms with E-state index in [9.17, 15) is 8.78 Å². The molecule has 3 heteroatoms. The zero-order chi connectivity index (χ0) is 11.3. The van der Waals surface area contributed by atoms with Crippen LogP contribution in [0.2, 0.25) is 0 Å². The maximum atomic E-state index is 13.4. The Bertz CT molecular complexity index is 380. The van der Waals surface area contributed by atoms with Gasteiger partial charge in [-0.15, -0.1) is 12.3 Å². The number of benzene rings is 1. The molecule has 0 aromatic heterocycles. The summed E-state index contributed by atoms with van der Waals surface area (Å²) in [6.45, 7) is 2.07. The van der Waals surface area contributed by atoms with Crippen LogP contribution in [0.15, 0.2) is 12.1 Å². The highest BCUT2D eigenvalue weighted by Crippen LogP contribution is 2.21. The summed E-state index contributed by atoms with van der Waals surface area (Å²) in [5, 5.41) is 2.71. The second kappa shape index (κ2) is 5.35. The maximum absolute atomic E-state index is 13.4. The third-order valence-electron chi connectivity index (χ3n) is 2.08. The van der Waals surface area contributed by atoms with Crippen molar-refractivity contribution in [3.63, 3.8) is 0 Å². The van der Waals surface area contributed by atoms with Gasteiger partial charge in [-0.25, -0.2) is 8.78 Å². The lowest BCUT2D eigenvalue weighted by atomic mass is 10.2. The summed E-state index contributed by atoms with van der Waals surface area (Å²) in [6, 6.07) is 2.67. The fraction of sp³-hybridized carbons (Fsp3) is 0.333. The van der Waals surface area contributed by atoms with E-state index in [2.05, 4.69) is 11.2 Å². The first-order chi connectivity index (χ1) is 7.16. The van der Waals surface area contributed by atoms with Crippen molar-refractivity contribution in [2.75, 3.05) is 11.9 Å². The van der Waals surface area contributed by atoms with E-state index < -0.39 is 11.6 Å². The molecule has 1 N–H and O–H groups in total. The normalized spacial score (nSPS) is 9.73. The lowest BCUT2D eigenvalue weighted by Crippen LogP contribution is -2.06. The van der Waals surface area contributed by atoms with E-state index in [-0.39, 0.29) is 5.69 Å². The van der Waals surface area contributed by atoms with Crippen LogP contribution in [-0.4, -0.2) is 6.54 Å². The fourth-order valence-electron chi connectivity index (χ4n) is 1.22. The lowest BCUT2D eigenvalue weighted by Gasteiger charge is -2.09. The summed E-state index contributed by atoms with van der Waals surface area (Å²) >= 11 is 0. The maximum Gasteiger partial charge on any atom is 0.152 e. The van der Waals surface area contributed by atoms with Crippen LogP contribution in [0.25, 0.3) is 0 Å². The van der Waals surface area contributed by atoms with Gasteiger partial charge in [-0.2, -0.15) is 0 Å². The van der Waals surface area contributed by atoms with Gasteiger partial charge >= 0.3 is 0 Å². The number of nitrogens with one attached hydrogen (secondary N) is 1. The first-order valence-corrected chi connectivity index (χ1v) is 4.78. The number of hydrogen-bond donors (Lipinski definition) is 1. The molecule has 0 fully saturated rings. The zero-order valence-electron chi connectivity index (χ0n) is 8.61. The van der Waals surface area contributed by atoms with Gasteiger partial charge in [0.25, 0.3) is 0 Å². The standard InChI is InChI=1S/C12H13F2N/c1-3-4-5-8-15-12-10(13)7-6-9(2)11(12)14/h1,6-7,15H,4-5,8H2,2H3. The van der Waals surface area contributed by atoms with Crippen molar-refractivity contribution in [1.82, 2.24) is 0 Å². The fourth-order valence-corrected chi connectivity index (χ4v) is 1.22. The smallest absolute Gasteiger partial charge is 0.152 e. The van der Waals surface area contributed by atoms with Crippen LogP contribution >= 0.6 is 0 Å². The molecular formula is C12H13F2N. The molecule has 0 atom stereocenters. The molecule has 1 nitrogen and oxygen atoms in total. The summed E-state index contributed by atoms with van der Waals surface area (Å²) in [4.78, 5) is 0. The second-order valence-electron chi connectivity index (χ2n) is 3.29. The molecule has 0 unspecified atom stereocenters. The van der Waals surface area contributed by atoms with Crippen molar-refractivity contribution in [2.24, 2.45) is 0 Å². The molecule has 0 aliphatic heterocycles. The Morgan fingerprint density at radius 3 is 2.80 bits per heavy atom. The van der Waals surface area contributed by atoms with Gasteiger partial charge in [-0.1, -0.05) is 6.07 Å². The number of terminal acetylenes is 1. The van der Waals surface area contributed by atoms with Gasteiger partial charge in [-0.05, 0) is 25.0 Å². The number of hydrogen-bond acceptors (Lipinski definition) is 1. The Labute approximate surface area is 88.5 Å². The zero-order valence-corrected chi connectivity index (χ0v) is 8.61. The highest BCUT2D eigenvalue weighted by Gasteiger charge is 2.09. The van der Waals surface area contributed by atoms with E-state index in [4.69, 9.17) is 6.42 Å². The molecule has 1 aromatic rings. The Morgan fingerprint density at radius 2 is 2.13 bits per heavy atom. The van der Waals surface area contributed by atoms with Crippen LogP contribution in [0.3, 0.4) is 0 Å². The van der Waals surface area contributed by atoms with Crippen LogP contribution in [-0.2, 0) is 0 Å². The summed E-state index contributed by atoms with van der Waals surface area (Å²) in [5.41, 5.74) is 0.364. The molecule has 1 rings (SSSR count). The summed E-state index contributed by atoms with van der Waals surface area (Å²) in [6.07, 6.45) is 6.36. The molecule has 0 bridgehead atoms. The van der Waals surface area contributed by atoms with E-state index in [0.29, 0.717) is 24.9 Å². The number of aryl methyl sites for hydroxylation is 1. The average Bonchev–Trinajstić information content (AvgIpc) is 2.23. The average molecular weight is 209 g/mol. The third kappa shape index (κ3) is 2.95. The Balaban J connectivity index is 2.68. The molecule has 0 radical (unpaired) electrons. The van der Waals surface area contributed by atoms with Gasteiger partial charge in [-0.3, -0.25) is 0 Å². The molecule has 0 saturated carbocycles. The monoisotopic (exact) mass is 209 g/mol. The van der Waals surface area contributed by atoms with Gasteiger partial charge < -0.3 is 5.32 Å². The van der Waals surface area contributed by atoms with E-state index in [1.165, 1.54) is 12.1 Å². The van der Waals surface area contributed by atoms with Crippen molar-refractivity contribution < 1.29 is 8.78 Å². The minimum absolute atomic E-state index is 0.0629. The van der Waals surface area contributed by atoms with E-state index in [1.54, 1.807) is 6.92 Å². The minimum Gasteiger partial charge on any atom is -0.380 e. The molecule has 1 aromatic carbocycles. The molecular weight excluding hydrogens is 196 g/mol. The third-order valence-corrected chi connectivity index (χ3v) is 2.08. The van der Waals surface area contributed by atoms with Crippen LogP contribution < -0.4 is 5.32 Å². The number of rotatable bonds is 4. The van der Waals surface area contributed by atoms with E-state index in [0.717, 1.165) is 0 Å². The molecule has 0 spiro atoms. The lowest BCUT2D eigenvalue weighted by molar-refractivity contribution is 0.582. The molecule has 0 amide bonds. The molecule has 0 aliphatic rings. The van der Waals surface area contributed by atoms with Crippen molar-refractivity contribution in [3.8, 4) is 12.3 Å². The van der Waals surface area contributed by atoms with Gasteiger partial charge in [0.2, 0.25) is 0 Å². The van der Waals surface area contributed by atoms with Crippen molar-refractivity contribution in [2.45, 2.75) is 19.8 Å². The van der Waals surface area contributed by atoms with Crippen molar-refractivity contribution >= 4 is 5.69 Å². The molecule has 0 heterocycles. The highest BCUT2D eigenvalue weighted by molar-refractivity contribution is 5.48. The van der Waals surface area contributed by atoms with Gasteiger partial charge in [0.1, 0.15) is 11.5 Å². The molecule has 80 valence electrons. The van der Waals surface area contributed by atoms with Crippen LogP contribution in [0.5, 0.6) is 0 Å². The quantitative estimate of drug-likeness (QED) is 0.593. The summed E-state index contributed by atoms with van der Waals surface area (Å²) in [7, 11) is 0. The Kier molecular flexibility index (Phi) is 4.11. The van der Waals surface area contributed by atoms with Crippen LogP contribution in [0, 0.1) is 30.9 Å². The molecule has 0 saturated heterocycles. The van der Waals surface area contributed by atoms with Crippen molar-refractivity contribution in [1.29, 1.82) is 0 Å². The van der Waals surface area contributed by atoms with Gasteiger partial charge in [0, 0.05) is 13.0 Å². The minimum atomic E-state index is -0.571. The molecule has 0 aliphatic carbocycles. The van der Waals surface area contributed by atoms with Crippen molar-refractivity contribution in [3.05, 3.63) is 29.3 Å². The summed E-state index contributed by atoms with van der Waals surface area (Å²) < 4.78 is 26.6. The first-order valence-electron chi connectivity index (χ1n) is 4.78. The largest absolute Gasteiger partial charge is 0.380 e. The second-order valence-corrected chi connectivity index (χ2v) is 3.29. The van der Waals surface area contributed by atoms with E-state index >= 15 is 0 Å². The predicted molar refractivity (Wildman–Crippen MR) is 57.7 cm³/mol. The number of unbranched alkanes of at least 4 members (excludes halogenated alkanes) is 1. The van der Waals surface area contributed by atoms with Crippen LogP contribution in [0.4, 0.5) is 14.5 Å². The SMILES string of the molecule is C#CCCCNc1c(F)ccc(C)c1F.